The molecule has 2 heterocycles. The third-order valence-electron chi connectivity index (χ3n) is 3.27. The Balaban J connectivity index is 2.25. The first kappa shape index (κ1) is 12.6. The van der Waals surface area contributed by atoms with E-state index in [0.717, 1.165) is 12.8 Å². The molecular formula is C11H15N3O4. The second-order valence-corrected chi connectivity index (χ2v) is 4.43. The summed E-state index contributed by atoms with van der Waals surface area (Å²) in [6.07, 6.45) is 2.94. The molecule has 1 aromatic rings. The number of aliphatic hydroxyl groups is 1. The maximum absolute atomic E-state index is 12.2. The van der Waals surface area contributed by atoms with Gasteiger partial charge in [-0.05, 0) is 12.8 Å². The standard InChI is InChI=1S/C11H15N3O4/c1-12-6-9(14(17)18)5-10(12)11(16)13-4-2-3-8(13)7-15/h5-6,8,15H,2-4,7H2,1H3/t8-/m0/s1. The van der Waals surface area contributed by atoms with Gasteiger partial charge in [0, 0.05) is 19.7 Å². The van der Waals surface area contributed by atoms with Gasteiger partial charge in [0.15, 0.2) is 0 Å². The number of hydrogen-bond acceptors (Lipinski definition) is 4. The first-order valence-electron chi connectivity index (χ1n) is 5.77. The molecule has 1 N–H and O–H groups in total. The summed E-state index contributed by atoms with van der Waals surface area (Å²) >= 11 is 0. The van der Waals surface area contributed by atoms with Crippen LogP contribution < -0.4 is 0 Å². The van der Waals surface area contributed by atoms with Crippen LogP contribution in [-0.4, -0.2) is 44.6 Å². The van der Waals surface area contributed by atoms with Crippen LogP contribution in [0.4, 0.5) is 5.69 Å². The van der Waals surface area contributed by atoms with Crippen molar-refractivity contribution in [2.75, 3.05) is 13.2 Å². The summed E-state index contributed by atoms with van der Waals surface area (Å²) in [5.74, 6) is -0.262. The van der Waals surface area contributed by atoms with Crippen molar-refractivity contribution in [1.82, 2.24) is 9.47 Å². The van der Waals surface area contributed by atoms with Crippen molar-refractivity contribution in [3.8, 4) is 0 Å². The molecule has 0 radical (unpaired) electrons. The number of amides is 1. The minimum atomic E-state index is -0.524. The molecule has 0 bridgehead atoms. The van der Waals surface area contributed by atoms with E-state index >= 15 is 0 Å². The molecule has 1 fully saturated rings. The predicted molar refractivity (Wildman–Crippen MR) is 63.2 cm³/mol. The van der Waals surface area contributed by atoms with Crippen molar-refractivity contribution in [3.05, 3.63) is 28.1 Å². The predicted octanol–water partition coefficient (Wildman–Crippen LogP) is 0.530. The molecule has 1 aliphatic rings. The van der Waals surface area contributed by atoms with Crippen LogP contribution in [0.15, 0.2) is 12.3 Å². The van der Waals surface area contributed by atoms with E-state index in [4.69, 9.17) is 0 Å². The van der Waals surface area contributed by atoms with Crippen LogP contribution in [0.2, 0.25) is 0 Å². The zero-order valence-corrected chi connectivity index (χ0v) is 10.1. The maximum atomic E-state index is 12.2. The van der Waals surface area contributed by atoms with E-state index in [9.17, 15) is 20.0 Å². The smallest absolute Gasteiger partial charge is 0.287 e. The number of rotatable bonds is 3. The number of hydrogen-bond donors (Lipinski definition) is 1. The van der Waals surface area contributed by atoms with Crippen molar-refractivity contribution in [1.29, 1.82) is 0 Å². The molecule has 1 aliphatic heterocycles. The number of likely N-dealkylation sites (tertiary alicyclic amines) is 1. The quantitative estimate of drug-likeness (QED) is 0.628. The van der Waals surface area contributed by atoms with Crippen molar-refractivity contribution < 1.29 is 14.8 Å². The SMILES string of the molecule is Cn1cc([N+](=O)[O-])cc1C(=O)N1CCC[C@H]1CO. The summed E-state index contributed by atoms with van der Waals surface area (Å²) < 4.78 is 1.45. The topological polar surface area (TPSA) is 88.6 Å². The summed E-state index contributed by atoms with van der Waals surface area (Å²) in [4.78, 5) is 24.0. The molecule has 2 rings (SSSR count). The van der Waals surface area contributed by atoms with Gasteiger partial charge < -0.3 is 14.6 Å². The van der Waals surface area contributed by atoms with E-state index in [1.165, 1.54) is 16.8 Å². The maximum Gasteiger partial charge on any atom is 0.287 e. The summed E-state index contributed by atoms with van der Waals surface area (Å²) in [5.41, 5.74) is 0.183. The van der Waals surface area contributed by atoms with Crippen LogP contribution in [0.3, 0.4) is 0 Å². The van der Waals surface area contributed by atoms with Crippen LogP contribution in [-0.2, 0) is 7.05 Å². The van der Waals surface area contributed by atoms with Crippen LogP contribution in [0, 0.1) is 10.1 Å². The van der Waals surface area contributed by atoms with E-state index < -0.39 is 4.92 Å². The highest BCUT2D eigenvalue weighted by Crippen LogP contribution is 2.22. The van der Waals surface area contributed by atoms with Gasteiger partial charge in [0.25, 0.3) is 11.6 Å². The molecule has 1 atom stereocenters. The van der Waals surface area contributed by atoms with Crippen LogP contribution >= 0.6 is 0 Å². The second kappa shape index (κ2) is 4.77. The third kappa shape index (κ3) is 2.08. The average molecular weight is 253 g/mol. The lowest BCUT2D eigenvalue weighted by Gasteiger charge is -2.22. The molecule has 7 nitrogen and oxygen atoms in total. The molecule has 1 aromatic heterocycles. The van der Waals surface area contributed by atoms with Gasteiger partial charge in [-0.1, -0.05) is 0 Å². The summed E-state index contributed by atoms with van der Waals surface area (Å²) in [6, 6.07) is 1.10. The highest BCUT2D eigenvalue weighted by atomic mass is 16.6. The Morgan fingerprint density at radius 3 is 2.94 bits per heavy atom. The van der Waals surface area contributed by atoms with Crippen molar-refractivity contribution in [2.24, 2.45) is 7.05 Å². The van der Waals surface area contributed by atoms with Gasteiger partial charge >= 0.3 is 0 Å². The van der Waals surface area contributed by atoms with Crippen LogP contribution in [0.1, 0.15) is 23.3 Å². The van der Waals surface area contributed by atoms with Gasteiger partial charge in [-0.2, -0.15) is 0 Å². The van der Waals surface area contributed by atoms with Gasteiger partial charge in [-0.3, -0.25) is 14.9 Å². The molecule has 7 heteroatoms. The lowest BCUT2D eigenvalue weighted by molar-refractivity contribution is -0.384. The lowest BCUT2D eigenvalue weighted by atomic mass is 10.2. The summed E-state index contributed by atoms with van der Waals surface area (Å²) in [7, 11) is 1.60. The van der Waals surface area contributed by atoms with E-state index in [2.05, 4.69) is 0 Å². The third-order valence-corrected chi connectivity index (χ3v) is 3.27. The minimum absolute atomic E-state index is 0.0712. The van der Waals surface area contributed by atoms with Gasteiger partial charge in [0.05, 0.1) is 23.8 Å². The molecule has 0 aliphatic carbocycles. The second-order valence-electron chi connectivity index (χ2n) is 4.43. The monoisotopic (exact) mass is 253 g/mol. The molecule has 0 spiro atoms. The van der Waals surface area contributed by atoms with Crippen LogP contribution in [0.25, 0.3) is 0 Å². The highest BCUT2D eigenvalue weighted by Gasteiger charge is 2.31. The molecule has 1 amide bonds. The Labute approximate surface area is 104 Å². The fourth-order valence-electron chi connectivity index (χ4n) is 2.30. The number of carbonyl (C=O) groups excluding carboxylic acids is 1. The Morgan fingerprint density at radius 1 is 1.67 bits per heavy atom. The van der Waals surface area contributed by atoms with E-state index in [1.807, 2.05) is 0 Å². The minimum Gasteiger partial charge on any atom is -0.394 e. The zero-order valence-electron chi connectivity index (χ0n) is 10.1. The van der Waals surface area contributed by atoms with Crippen molar-refractivity contribution in [2.45, 2.75) is 18.9 Å². The van der Waals surface area contributed by atoms with Gasteiger partial charge in [0.1, 0.15) is 5.69 Å². The first-order valence-corrected chi connectivity index (χ1v) is 5.77. The largest absolute Gasteiger partial charge is 0.394 e. The first-order chi connectivity index (χ1) is 8.54. The molecule has 0 aromatic carbocycles. The number of nitro groups is 1. The van der Waals surface area contributed by atoms with E-state index in [-0.39, 0.29) is 29.9 Å². The summed E-state index contributed by atoms with van der Waals surface area (Å²) in [6.45, 7) is 0.515. The Hall–Kier alpha value is -1.89. The number of aliphatic hydroxyl groups excluding tert-OH is 1. The number of aromatic nitrogens is 1. The average Bonchev–Trinajstić information content (AvgIpc) is 2.93. The molecule has 18 heavy (non-hydrogen) atoms. The molecule has 98 valence electrons. The fraction of sp³-hybridized carbons (Fsp3) is 0.545. The zero-order chi connectivity index (χ0) is 13.3. The summed E-state index contributed by atoms with van der Waals surface area (Å²) in [5, 5.41) is 19.8. The van der Waals surface area contributed by atoms with Gasteiger partial charge in [0.2, 0.25) is 0 Å². The lowest BCUT2D eigenvalue weighted by Crippen LogP contribution is -2.38. The normalized spacial score (nSPS) is 19.2. The molecular weight excluding hydrogens is 238 g/mol. The number of aryl methyl sites for hydroxylation is 1. The Kier molecular flexibility index (Phi) is 3.33. The van der Waals surface area contributed by atoms with Crippen LogP contribution in [0.5, 0.6) is 0 Å². The van der Waals surface area contributed by atoms with Gasteiger partial charge in [-0.25, -0.2) is 0 Å². The molecule has 0 unspecified atom stereocenters. The highest BCUT2D eigenvalue weighted by molar-refractivity contribution is 5.94. The van der Waals surface area contributed by atoms with Gasteiger partial charge in [-0.15, -0.1) is 0 Å². The van der Waals surface area contributed by atoms with Crippen molar-refractivity contribution >= 4 is 11.6 Å². The van der Waals surface area contributed by atoms with E-state index in [1.54, 1.807) is 11.9 Å². The molecule has 0 saturated carbocycles. The fourth-order valence-corrected chi connectivity index (χ4v) is 2.30. The Bertz CT molecular complexity index is 483. The molecule has 1 saturated heterocycles. The van der Waals surface area contributed by atoms with Crippen molar-refractivity contribution in [3.63, 3.8) is 0 Å². The number of carbonyl (C=O) groups is 1. The number of nitrogens with zero attached hydrogens (tertiary/aromatic N) is 3. The Morgan fingerprint density at radius 2 is 2.39 bits per heavy atom. The van der Waals surface area contributed by atoms with E-state index in [0.29, 0.717) is 6.54 Å².